The van der Waals surface area contributed by atoms with Crippen molar-refractivity contribution in [3.63, 3.8) is 0 Å². The Bertz CT molecular complexity index is 418. The predicted molar refractivity (Wildman–Crippen MR) is 130 cm³/mol. The Balaban J connectivity index is 5.44. The molecule has 0 saturated carbocycles. The summed E-state index contributed by atoms with van der Waals surface area (Å²) in [6.45, 7) is 18.3. The van der Waals surface area contributed by atoms with Crippen molar-refractivity contribution in [1.29, 1.82) is 0 Å². The number of hydrogen-bond acceptors (Lipinski definition) is 5. The molecule has 0 N–H and O–H groups in total. The summed E-state index contributed by atoms with van der Waals surface area (Å²) in [7, 11) is -5.03. The SMILES string of the molecule is CCCCC[Si](CCCCC)(OC(=O)C(C)C[Si](OCC)(OCC)OCC)C(C)C. The van der Waals surface area contributed by atoms with Crippen molar-refractivity contribution >= 4 is 23.1 Å². The molecule has 0 radical (unpaired) electrons. The molecule has 30 heavy (non-hydrogen) atoms. The zero-order valence-corrected chi connectivity index (χ0v) is 23.2. The van der Waals surface area contributed by atoms with Crippen molar-refractivity contribution in [2.24, 2.45) is 5.92 Å². The van der Waals surface area contributed by atoms with E-state index in [4.69, 9.17) is 17.7 Å². The van der Waals surface area contributed by atoms with Gasteiger partial charge in [-0.3, -0.25) is 4.79 Å². The highest BCUT2D eigenvalue weighted by molar-refractivity contribution is 6.76. The van der Waals surface area contributed by atoms with Crippen LogP contribution in [0, 0.1) is 5.92 Å². The molecular weight excluding hydrogens is 412 g/mol. The van der Waals surface area contributed by atoms with Gasteiger partial charge in [-0.05, 0) is 38.4 Å². The molecule has 180 valence electrons. The predicted octanol–water partition coefficient (Wildman–Crippen LogP) is 6.95. The second-order valence-electron chi connectivity index (χ2n) is 8.64. The third kappa shape index (κ3) is 10.4. The average Bonchev–Trinajstić information content (AvgIpc) is 2.68. The second kappa shape index (κ2) is 16.4. The molecule has 0 amide bonds. The Kier molecular flexibility index (Phi) is 16.3. The molecule has 0 aromatic heterocycles. The molecule has 0 rings (SSSR count). The van der Waals surface area contributed by atoms with E-state index in [9.17, 15) is 4.79 Å². The van der Waals surface area contributed by atoms with E-state index in [0.717, 1.165) is 24.9 Å². The Hall–Kier alpha value is -0.216. The highest BCUT2D eigenvalue weighted by Gasteiger charge is 2.46. The molecule has 1 atom stereocenters. The van der Waals surface area contributed by atoms with Gasteiger partial charge in [0.05, 0.1) is 5.92 Å². The second-order valence-corrected chi connectivity index (χ2v) is 15.8. The maximum absolute atomic E-state index is 13.3. The normalized spacial score (nSPS) is 13.6. The van der Waals surface area contributed by atoms with Crippen LogP contribution < -0.4 is 0 Å². The highest BCUT2D eigenvalue weighted by atomic mass is 28.4. The van der Waals surface area contributed by atoms with Crippen LogP contribution in [0.2, 0.25) is 23.7 Å². The van der Waals surface area contributed by atoms with Gasteiger partial charge in [0.1, 0.15) is 0 Å². The summed E-state index contributed by atoms with van der Waals surface area (Å²) in [5, 5.41) is 0. The van der Waals surface area contributed by atoms with Crippen molar-refractivity contribution < 1.29 is 22.5 Å². The highest BCUT2D eigenvalue weighted by Crippen LogP contribution is 2.36. The van der Waals surface area contributed by atoms with Crippen LogP contribution >= 0.6 is 0 Å². The van der Waals surface area contributed by atoms with Crippen molar-refractivity contribution in [1.82, 2.24) is 0 Å². The van der Waals surface area contributed by atoms with E-state index < -0.39 is 17.1 Å². The van der Waals surface area contributed by atoms with Crippen molar-refractivity contribution in [3.05, 3.63) is 0 Å². The number of unbranched alkanes of at least 4 members (excludes halogenated alkanes) is 4. The maximum atomic E-state index is 13.3. The van der Waals surface area contributed by atoms with Gasteiger partial charge in [-0.15, -0.1) is 0 Å². The van der Waals surface area contributed by atoms with Gasteiger partial charge in [0.15, 0.2) is 0 Å². The topological polar surface area (TPSA) is 54.0 Å². The molecule has 0 aromatic carbocycles. The van der Waals surface area contributed by atoms with Crippen LogP contribution in [0.25, 0.3) is 0 Å². The molecule has 0 aliphatic rings. The van der Waals surface area contributed by atoms with Gasteiger partial charge < -0.3 is 17.7 Å². The lowest BCUT2D eigenvalue weighted by molar-refractivity contribution is -0.139. The first kappa shape index (κ1) is 29.8. The molecular formula is C23H50O5Si2. The molecule has 0 aromatic rings. The lowest BCUT2D eigenvalue weighted by Crippen LogP contribution is -2.50. The molecule has 0 fully saturated rings. The summed E-state index contributed by atoms with van der Waals surface area (Å²) in [5.41, 5.74) is 0.426. The molecule has 0 spiro atoms. The number of hydrogen-bond donors (Lipinski definition) is 0. The van der Waals surface area contributed by atoms with E-state index in [0.29, 0.717) is 31.4 Å². The van der Waals surface area contributed by atoms with Gasteiger partial charge in [-0.25, -0.2) is 0 Å². The molecule has 7 heteroatoms. The Morgan fingerprint density at radius 2 is 1.17 bits per heavy atom. The van der Waals surface area contributed by atoms with Crippen LogP contribution in [0.3, 0.4) is 0 Å². The summed E-state index contributed by atoms with van der Waals surface area (Å²) in [6.07, 6.45) is 7.10. The number of carbonyl (C=O) groups is 1. The minimum atomic E-state index is -2.87. The van der Waals surface area contributed by atoms with Crippen LogP contribution in [-0.2, 0) is 22.5 Å². The van der Waals surface area contributed by atoms with Crippen LogP contribution in [0.1, 0.15) is 93.9 Å². The standard InChI is InChI=1S/C23H50O5Si2/c1-9-14-16-18-29(21(6)7,19-17-15-10-2)28-23(24)22(8)20-30(25-11-3,26-12-4)27-13-5/h21-22H,9-20H2,1-8H3. The van der Waals surface area contributed by atoms with E-state index in [1.165, 1.54) is 25.7 Å². The van der Waals surface area contributed by atoms with E-state index in [1.54, 1.807) is 0 Å². The van der Waals surface area contributed by atoms with Gasteiger partial charge in [0.2, 0.25) is 0 Å². The third-order valence-electron chi connectivity index (χ3n) is 5.81. The van der Waals surface area contributed by atoms with E-state index >= 15 is 0 Å². The van der Waals surface area contributed by atoms with Gasteiger partial charge >= 0.3 is 8.80 Å². The van der Waals surface area contributed by atoms with Crippen LogP contribution in [-0.4, -0.2) is 42.9 Å². The molecule has 0 aliphatic carbocycles. The first-order valence-electron chi connectivity index (χ1n) is 12.4. The van der Waals surface area contributed by atoms with Gasteiger partial charge in [0, 0.05) is 25.9 Å². The minimum absolute atomic E-state index is 0.0839. The fourth-order valence-electron chi connectivity index (χ4n) is 3.99. The smallest absolute Gasteiger partial charge is 0.501 e. The zero-order chi connectivity index (χ0) is 23.0. The Morgan fingerprint density at radius 1 is 0.733 bits per heavy atom. The molecule has 0 heterocycles. The molecule has 0 aliphatic heterocycles. The molecule has 0 bridgehead atoms. The lowest BCUT2D eigenvalue weighted by atomic mass is 10.2. The minimum Gasteiger partial charge on any atom is -0.519 e. The van der Waals surface area contributed by atoms with Crippen LogP contribution in [0.4, 0.5) is 0 Å². The monoisotopic (exact) mass is 462 g/mol. The Morgan fingerprint density at radius 3 is 1.50 bits per heavy atom. The van der Waals surface area contributed by atoms with Gasteiger partial charge in [-0.1, -0.05) is 73.1 Å². The fourth-order valence-corrected chi connectivity index (χ4v) is 11.0. The van der Waals surface area contributed by atoms with Crippen molar-refractivity contribution in [2.75, 3.05) is 19.8 Å². The van der Waals surface area contributed by atoms with Crippen LogP contribution in [0.5, 0.6) is 0 Å². The van der Waals surface area contributed by atoms with Gasteiger partial charge in [-0.2, -0.15) is 0 Å². The maximum Gasteiger partial charge on any atom is 0.501 e. The lowest BCUT2D eigenvalue weighted by Gasteiger charge is -2.37. The summed E-state index contributed by atoms with van der Waals surface area (Å²) in [5.74, 6) is -0.372. The largest absolute Gasteiger partial charge is 0.519 e. The first-order valence-corrected chi connectivity index (χ1v) is 16.7. The average molecular weight is 463 g/mol. The van der Waals surface area contributed by atoms with Gasteiger partial charge in [0.25, 0.3) is 14.3 Å². The summed E-state index contributed by atoms with van der Waals surface area (Å²) >= 11 is 0. The van der Waals surface area contributed by atoms with Crippen molar-refractivity contribution in [2.45, 2.75) is 118 Å². The quantitative estimate of drug-likeness (QED) is 0.153. The molecule has 5 nitrogen and oxygen atoms in total. The van der Waals surface area contributed by atoms with Crippen molar-refractivity contribution in [3.8, 4) is 0 Å². The molecule has 1 unspecified atom stereocenters. The summed E-state index contributed by atoms with van der Waals surface area (Å²) in [6, 6.07) is 2.63. The number of rotatable bonds is 19. The van der Waals surface area contributed by atoms with Crippen LogP contribution in [0.15, 0.2) is 0 Å². The Labute approximate surface area is 189 Å². The molecule has 0 saturated heterocycles. The fraction of sp³-hybridized carbons (Fsp3) is 0.957. The number of carbonyl (C=O) groups excluding carboxylic acids is 1. The summed E-state index contributed by atoms with van der Waals surface area (Å²) in [4.78, 5) is 13.3. The van der Waals surface area contributed by atoms with E-state index in [1.807, 2.05) is 27.7 Å². The van der Waals surface area contributed by atoms with E-state index in [-0.39, 0.29) is 11.9 Å². The summed E-state index contributed by atoms with van der Waals surface area (Å²) < 4.78 is 24.4. The van der Waals surface area contributed by atoms with E-state index in [2.05, 4.69) is 27.7 Å². The first-order chi connectivity index (χ1) is 14.3. The zero-order valence-electron chi connectivity index (χ0n) is 21.2. The third-order valence-corrected chi connectivity index (χ3v) is 14.2.